The van der Waals surface area contributed by atoms with Gasteiger partial charge in [0.15, 0.2) is 5.65 Å². The van der Waals surface area contributed by atoms with Crippen molar-refractivity contribution in [3.63, 3.8) is 0 Å². The fourth-order valence-corrected chi connectivity index (χ4v) is 6.33. The van der Waals surface area contributed by atoms with E-state index in [9.17, 15) is 8.42 Å². The maximum absolute atomic E-state index is 13.4. The molecule has 5 aromatic rings. The number of aryl methyl sites for hydroxylation is 2. The quantitative estimate of drug-likeness (QED) is 0.440. The van der Waals surface area contributed by atoms with Crippen molar-refractivity contribution in [3.05, 3.63) is 57.1 Å². The largest absolute Gasteiger partial charge is 0.326 e. The van der Waals surface area contributed by atoms with Gasteiger partial charge in [-0.25, -0.2) is 13.4 Å². The van der Waals surface area contributed by atoms with E-state index in [2.05, 4.69) is 10.3 Å². The summed E-state index contributed by atoms with van der Waals surface area (Å²) >= 11 is 3.08. The highest BCUT2D eigenvalue weighted by Gasteiger charge is 2.28. The van der Waals surface area contributed by atoms with Crippen LogP contribution < -0.4 is 5.73 Å². The fraction of sp³-hybridized carbons (Fsp3) is 0.150. The first-order valence-electron chi connectivity index (χ1n) is 9.13. The Morgan fingerprint density at radius 3 is 2.63 bits per heavy atom. The van der Waals surface area contributed by atoms with E-state index in [-0.39, 0.29) is 15.6 Å². The number of nitrogens with two attached hydrogens (primary N) is 1. The van der Waals surface area contributed by atoms with Crippen molar-refractivity contribution in [3.8, 4) is 11.3 Å². The first kappa shape index (κ1) is 19.3. The Bertz CT molecular complexity index is 1530. The highest BCUT2D eigenvalue weighted by Crippen LogP contribution is 2.36. The summed E-state index contributed by atoms with van der Waals surface area (Å²) in [4.78, 5) is 5.91. The Labute approximate surface area is 180 Å². The fourth-order valence-electron chi connectivity index (χ4n) is 3.38. The molecule has 0 amide bonds. The highest BCUT2D eigenvalue weighted by atomic mass is 32.2. The molecule has 0 aliphatic rings. The van der Waals surface area contributed by atoms with E-state index < -0.39 is 9.84 Å². The number of hydrogen-bond donors (Lipinski definition) is 1. The zero-order valence-electron chi connectivity index (χ0n) is 16.2. The summed E-state index contributed by atoms with van der Waals surface area (Å²) in [6, 6.07) is 8.91. The molecule has 30 heavy (non-hydrogen) atoms. The van der Waals surface area contributed by atoms with E-state index in [0.29, 0.717) is 12.2 Å². The maximum atomic E-state index is 13.4. The maximum Gasteiger partial charge on any atom is 0.229 e. The molecule has 152 valence electrons. The summed E-state index contributed by atoms with van der Waals surface area (Å²) in [5.41, 5.74) is 10.4. The second-order valence-electron chi connectivity index (χ2n) is 6.94. The van der Waals surface area contributed by atoms with E-state index in [1.54, 1.807) is 29.5 Å². The molecule has 4 heterocycles. The second-order valence-corrected chi connectivity index (χ2v) is 10.7. The first-order valence-corrected chi connectivity index (χ1v) is 12.4. The lowest BCUT2D eigenvalue weighted by atomic mass is 10.1. The number of thiophene rings is 2. The minimum absolute atomic E-state index is 0.148. The van der Waals surface area contributed by atoms with Gasteiger partial charge in [0.2, 0.25) is 14.9 Å². The number of sulfone groups is 1. The summed E-state index contributed by atoms with van der Waals surface area (Å²) in [5.74, 6) is 0. The Morgan fingerprint density at radius 2 is 1.87 bits per heavy atom. The summed E-state index contributed by atoms with van der Waals surface area (Å²) in [7, 11) is -3.89. The van der Waals surface area contributed by atoms with Crippen LogP contribution in [0, 0.1) is 13.8 Å². The summed E-state index contributed by atoms with van der Waals surface area (Å²) in [6.07, 6.45) is 0. The Balaban J connectivity index is 1.81. The molecule has 10 heteroatoms. The van der Waals surface area contributed by atoms with Gasteiger partial charge < -0.3 is 5.73 Å². The van der Waals surface area contributed by atoms with E-state index >= 15 is 0 Å². The van der Waals surface area contributed by atoms with E-state index in [1.165, 1.54) is 15.9 Å². The summed E-state index contributed by atoms with van der Waals surface area (Å²) in [6.45, 7) is 4.21. The third kappa shape index (κ3) is 2.79. The van der Waals surface area contributed by atoms with Crippen LogP contribution in [0.5, 0.6) is 0 Å². The molecule has 0 saturated heterocycles. The van der Waals surface area contributed by atoms with Gasteiger partial charge in [-0.15, -0.1) is 27.8 Å². The third-order valence-electron chi connectivity index (χ3n) is 5.15. The van der Waals surface area contributed by atoms with Gasteiger partial charge in [-0.3, -0.25) is 0 Å². The number of aromatic nitrogens is 4. The lowest BCUT2D eigenvalue weighted by Crippen LogP contribution is -2.05. The van der Waals surface area contributed by atoms with Gasteiger partial charge in [0.05, 0.1) is 20.8 Å². The average Bonchev–Trinajstić information content (AvgIpc) is 3.47. The molecule has 1 aromatic carbocycles. The lowest BCUT2D eigenvalue weighted by Gasteiger charge is -2.07. The molecule has 5 rings (SSSR count). The molecule has 4 aromatic heterocycles. The van der Waals surface area contributed by atoms with Crippen molar-refractivity contribution in [2.75, 3.05) is 0 Å². The monoisotopic (exact) mass is 455 g/mol. The molecule has 0 spiro atoms. The summed E-state index contributed by atoms with van der Waals surface area (Å²) < 4.78 is 29.2. The van der Waals surface area contributed by atoms with Crippen LogP contribution >= 0.6 is 22.7 Å². The van der Waals surface area contributed by atoms with Crippen molar-refractivity contribution in [1.29, 1.82) is 0 Å². The predicted molar refractivity (Wildman–Crippen MR) is 119 cm³/mol. The Morgan fingerprint density at radius 1 is 1.07 bits per heavy atom. The minimum atomic E-state index is -3.89. The number of rotatable bonds is 4. The molecule has 0 radical (unpaired) electrons. The van der Waals surface area contributed by atoms with Crippen LogP contribution in [0.25, 0.3) is 27.1 Å². The molecule has 2 N–H and O–H groups in total. The SMILES string of the molecule is Cc1ccc(S(=O)(=O)c2nnn3c2nc(-c2ccsc2CN)c2sccc23)cc1C. The van der Waals surface area contributed by atoms with E-state index in [4.69, 9.17) is 10.7 Å². The molecule has 0 fully saturated rings. The number of hydrogen-bond acceptors (Lipinski definition) is 8. The van der Waals surface area contributed by atoms with Crippen molar-refractivity contribution in [2.24, 2.45) is 5.73 Å². The smallest absolute Gasteiger partial charge is 0.229 e. The van der Waals surface area contributed by atoms with Gasteiger partial charge in [-0.05, 0) is 60.0 Å². The van der Waals surface area contributed by atoms with Gasteiger partial charge in [-0.2, -0.15) is 4.52 Å². The van der Waals surface area contributed by atoms with Gasteiger partial charge in [-0.1, -0.05) is 11.3 Å². The molecule has 0 saturated carbocycles. The molecular weight excluding hydrogens is 438 g/mol. The first-order chi connectivity index (χ1) is 14.4. The van der Waals surface area contributed by atoms with Gasteiger partial charge in [0.1, 0.15) is 0 Å². The molecule has 0 atom stereocenters. The Hall–Kier alpha value is -2.66. The van der Waals surface area contributed by atoms with Crippen molar-refractivity contribution >= 4 is 48.4 Å². The molecule has 0 aliphatic carbocycles. The molecular formula is C20H17N5O2S3. The molecule has 0 bridgehead atoms. The molecule has 0 unspecified atom stereocenters. The minimum Gasteiger partial charge on any atom is -0.326 e. The second kappa shape index (κ2) is 6.95. The van der Waals surface area contributed by atoms with Crippen LogP contribution in [0.4, 0.5) is 0 Å². The highest BCUT2D eigenvalue weighted by molar-refractivity contribution is 7.91. The topological polar surface area (TPSA) is 103 Å². The van der Waals surface area contributed by atoms with Gasteiger partial charge in [0.25, 0.3) is 0 Å². The normalized spacial score (nSPS) is 12.2. The average molecular weight is 456 g/mol. The van der Waals surface area contributed by atoms with Crippen LogP contribution in [0.2, 0.25) is 0 Å². The van der Waals surface area contributed by atoms with Gasteiger partial charge in [0, 0.05) is 17.0 Å². The van der Waals surface area contributed by atoms with Gasteiger partial charge >= 0.3 is 0 Å². The van der Waals surface area contributed by atoms with Crippen LogP contribution in [-0.4, -0.2) is 28.2 Å². The van der Waals surface area contributed by atoms with Crippen LogP contribution in [-0.2, 0) is 16.4 Å². The number of benzene rings is 1. The van der Waals surface area contributed by atoms with Crippen molar-refractivity contribution < 1.29 is 8.42 Å². The zero-order chi connectivity index (χ0) is 21.0. The molecule has 0 aliphatic heterocycles. The number of fused-ring (bicyclic) bond motifs is 3. The standard InChI is InChI=1S/C20H17N5O2S3/c1-11-3-4-13(9-12(11)2)30(26,27)20-19-22-17(14-5-7-28-16(14)10-21)18-15(6-8-29-18)25(19)24-23-20/h3-9H,10,21H2,1-2H3. The summed E-state index contributed by atoms with van der Waals surface area (Å²) in [5, 5.41) is 11.9. The number of nitrogens with zero attached hydrogens (tertiary/aromatic N) is 4. The third-order valence-corrected chi connectivity index (χ3v) is 8.65. The van der Waals surface area contributed by atoms with Crippen LogP contribution in [0.15, 0.2) is 51.0 Å². The van der Waals surface area contributed by atoms with Crippen LogP contribution in [0.1, 0.15) is 16.0 Å². The van der Waals surface area contributed by atoms with Crippen LogP contribution in [0.3, 0.4) is 0 Å². The molecule has 7 nitrogen and oxygen atoms in total. The zero-order valence-corrected chi connectivity index (χ0v) is 18.6. The Kier molecular flexibility index (Phi) is 4.47. The predicted octanol–water partition coefficient (Wildman–Crippen LogP) is 3.98. The van der Waals surface area contributed by atoms with E-state index in [0.717, 1.165) is 31.8 Å². The van der Waals surface area contributed by atoms with Crippen molar-refractivity contribution in [2.45, 2.75) is 30.3 Å². The van der Waals surface area contributed by atoms with E-state index in [1.807, 2.05) is 36.7 Å². The van der Waals surface area contributed by atoms with Crippen molar-refractivity contribution in [1.82, 2.24) is 19.8 Å². The lowest BCUT2D eigenvalue weighted by molar-refractivity contribution is 0.592.